The Morgan fingerprint density at radius 2 is 1.95 bits per heavy atom. The number of amides is 1. The van der Waals surface area contributed by atoms with Crippen molar-refractivity contribution < 1.29 is 9.53 Å². The van der Waals surface area contributed by atoms with Crippen LogP contribution < -0.4 is 10.2 Å². The highest BCUT2D eigenvalue weighted by Crippen LogP contribution is 2.12. The number of halogens is 1. The Morgan fingerprint density at radius 3 is 2.64 bits per heavy atom. The zero-order valence-corrected chi connectivity index (χ0v) is 14.1. The number of hydrogen-bond donors (Lipinski definition) is 1. The van der Waals surface area contributed by atoms with Crippen molar-refractivity contribution in [2.45, 2.75) is 13.8 Å². The van der Waals surface area contributed by atoms with Gasteiger partial charge in [0.05, 0.1) is 5.71 Å². The first-order valence-electron chi connectivity index (χ1n) is 6.83. The minimum absolute atomic E-state index is 0.0689. The molecule has 0 radical (unpaired) electrons. The summed E-state index contributed by atoms with van der Waals surface area (Å²) in [6.45, 7) is 3.74. The lowest BCUT2D eigenvalue weighted by Crippen LogP contribution is -2.25. The molecule has 2 rings (SSSR count). The van der Waals surface area contributed by atoms with E-state index < -0.39 is 0 Å². The van der Waals surface area contributed by atoms with Gasteiger partial charge in [-0.15, -0.1) is 0 Å². The van der Waals surface area contributed by atoms with Gasteiger partial charge >= 0.3 is 0 Å². The summed E-state index contributed by atoms with van der Waals surface area (Å²) in [5.41, 5.74) is 5.26. The number of ether oxygens (including phenoxy) is 1. The summed E-state index contributed by atoms with van der Waals surface area (Å²) in [5.74, 6) is 0.377. The van der Waals surface area contributed by atoms with Gasteiger partial charge in [-0.2, -0.15) is 5.10 Å². The standard InChI is InChI=1S/C17H17BrN2O2/c1-12-4-3-5-16(10-12)22-11-17(21)20-19-13(2)14-6-8-15(18)9-7-14/h3-10H,11H2,1-2H3,(H,20,21)/b19-13-. The maximum absolute atomic E-state index is 11.7. The third-order valence-corrected chi connectivity index (χ3v) is 3.50. The summed E-state index contributed by atoms with van der Waals surface area (Å²) < 4.78 is 6.41. The number of aryl methyl sites for hydroxylation is 1. The maximum atomic E-state index is 11.7. The van der Waals surface area contributed by atoms with E-state index in [1.807, 2.05) is 62.4 Å². The molecule has 0 heterocycles. The molecule has 0 aliphatic rings. The number of hydrazone groups is 1. The van der Waals surface area contributed by atoms with Crippen molar-refractivity contribution in [1.29, 1.82) is 0 Å². The third kappa shape index (κ3) is 5.00. The van der Waals surface area contributed by atoms with E-state index in [-0.39, 0.29) is 12.5 Å². The molecule has 0 saturated carbocycles. The summed E-state index contributed by atoms with van der Waals surface area (Å²) in [4.78, 5) is 11.7. The molecule has 0 spiro atoms. The second-order valence-corrected chi connectivity index (χ2v) is 5.76. The number of benzene rings is 2. The smallest absolute Gasteiger partial charge is 0.277 e. The fourth-order valence-corrected chi connectivity index (χ4v) is 2.05. The SMILES string of the molecule is C/C(=N/NC(=O)COc1cccc(C)c1)c1ccc(Br)cc1. The molecule has 4 nitrogen and oxygen atoms in total. The van der Waals surface area contributed by atoms with Crippen LogP contribution in [-0.4, -0.2) is 18.2 Å². The van der Waals surface area contributed by atoms with Crippen LogP contribution >= 0.6 is 15.9 Å². The molecule has 0 aliphatic heterocycles. The lowest BCUT2D eigenvalue weighted by Gasteiger charge is -2.06. The lowest BCUT2D eigenvalue weighted by molar-refractivity contribution is -0.123. The van der Waals surface area contributed by atoms with Crippen molar-refractivity contribution in [3.05, 3.63) is 64.1 Å². The number of nitrogens with zero attached hydrogens (tertiary/aromatic N) is 1. The summed E-state index contributed by atoms with van der Waals surface area (Å²) >= 11 is 3.38. The van der Waals surface area contributed by atoms with Gasteiger partial charge in [-0.1, -0.05) is 40.2 Å². The van der Waals surface area contributed by atoms with E-state index in [2.05, 4.69) is 26.5 Å². The van der Waals surface area contributed by atoms with Crippen LogP contribution in [0.25, 0.3) is 0 Å². The molecule has 0 aliphatic carbocycles. The number of hydrogen-bond acceptors (Lipinski definition) is 3. The predicted octanol–water partition coefficient (Wildman–Crippen LogP) is 3.68. The molecule has 0 fully saturated rings. The first kappa shape index (κ1) is 16.2. The van der Waals surface area contributed by atoms with Gasteiger partial charge in [0.25, 0.3) is 5.91 Å². The Morgan fingerprint density at radius 1 is 1.23 bits per heavy atom. The molecule has 0 atom stereocenters. The van der Waals surface area contributed by atoms with Gasteiger partial charge in [0.1, 0.15) is 5.75 Å². The van der Waals surface area contributed by atoms with Crippen LogP contribution in [0.2, 0.25) is 0 Å². The topological polar surface area (TPSA) is 50.7 Å². The van der Waals surface area contributed by atoms with Gasteiger partial charge < -0.3 is 4.74 Å². The highest BCUT2D eigenvalue weighted by molar-refractivity contribution is 9.10. The van der Waals surface area contributed by atoms with Crippen molar-refractivity contribution in [2.75, 3.05) is 6.61 Å². The molecule has 5 heteroatoms. The first-order chi connectivity index (χ1) is 10.5. The van der Waals surface area contributed by atoms with Crippen LogP contribution in [0.5, 0.6) is 5.75 Å². The maximum Gasteiger partial charge on any atom is 0.277 e. The molecule has 1 N–H and O–H groups in total. The Kier molecular flexibility index (Phi) is 5.72. The van der Waals surface area contributed by atoms with E-state index in [4.69, 9.17) is 4.74 Å². The predicted molar refractivity (Wildman–Crippen MR) is 91.2 cm³/mol. The second kappa shape index (κ2) is 7.75. The highest BCUT2D eigenvalue weighted by atomic mass is 79.9. The molecule has 22 heavy (non-hydrogen) atoms. The van der Waals surface area contributed by atoms with Gasteiger partial charge in [0, 0.05) is 4.47 Å². The zero-order valence-electron chi connectivity index (χ0n) is 12.5. The number of nitrogens with one attached hydrogen (secondary N) is 1. The quantitative estimate of drug-likeness (QED) is 0.653. The van der Waals surface area contributed by atoms with Gasteiger partial charge in [-0.05, 0) is 49.2 Å². The molecular formula is C17H17BrN2O2. The minimum Gasteiger partial charge on any atom is -0.484 e. The normalized spacial score (nSPS) is 11.1. The Balaban J connectivity index is 1.86. The summed E-state index contributed by atoms with van der Waals surface area (Å²) in [6, 6.07) is 15.3. The molecule has 0 bridgehead atoms. The fraction of sp³-hybridized carbons (Fsp3) is 0.176. The van der Waals surface area contributed by atoms with E-state index in [1.54, 1.807) is 0 Å². The van der Waals surface area contributed by atoms with E-state index in [9.17, 15) is 4.79 Å². The van der Waals surface area contributed by atoms with Crippen LogP contribution in [-0.2, 0) is 4.79 Å². The van der Waals surface area contributed by atoms with Crippen LogP contribution in [0.15, 0.2) is 58.1 Å². The average Bonchev–Trinajstić information content (AvgIpc) is 2.51. The summed E-state index contributed by atoms with van der Waals surface area (Å²) in [6.07, 6.45) is 0. The minimum atomic E-state index is -0.294. The van der Waals surface area contributed by atoms with Crippen molar-refractivity contribution in [1.82, 2.24) is 5.43 Å². The van der Waals surface area contributed by atoms with Crippen LogP contribution in [0.3, 0.4) is 0 Å². The van der Waals surface area contributed by atoms with Crippen LogP contribution in [0.4, 0.5) is 0 Å². The average molecular weight is 361 g/mol. The van der Waals surface area contributed by atoms with Crippen molar-refractivity contribution >= 4 is 27.5 Å². The van der Waals surface area contributed by atoms with E-state index >= 15 is 0 Å². The molecule has 2 aromatic carbocycles. The Labute approximate surface area is 138 Å². The van der Waals surface area contributed by atoms with E-state index in [0.717, 1.165) is 21.3 Å². The number of carbonyl (C=O) groups is 1. The van der Waals surface area contributed by atoms with Crippen molar-refractivity contribution in [3.8, 4) is 5.75 Å². The van der Waals surface area contributed by atoms with E-state index in [0.29, 0.717) is 5.75 Å². The van der Waals surface area contributed by atoms with Gasteiger partial charge in [-0.3, -0.25) is 4.79 Å². The number of carbonyl (C=O) groups excluding carboxylic acids is 1. The van der Waals surface area contributed by atoms with Gasteiger partial charge in [0.2, 0.25) is 0 Å². The van der Waals surface area contributed by atoms with Crippen LogP contribution in [0.1, 0.15) is 18.1 Å². The fourth-order valence-electron chi connectivity index (χ4n) is 1.79. The largest absolute Gasteiger partial charge is 0.484 e. The lowest BCUT2D eigenvalue weighted by atomic mass is 10.1. The molecule has 0 aromatic heterocycles. The molecule has 114 valence electrons. The monoisotopic (exact) mass is 360 g/mol. The van der Waals surface area contributed by atoms with Crippen molar-refractivity contribution in [2.24, 2.45) is 5.10 Å². The van der Waals surface area contributed by atoms with Gasteiger partial charge in [0.15, 0.2) is 6.61 Å². The summed E-state index contributed by atoms with van der Waals surface area (Å²) in [7, 11) is 0. The zero-order chi connectivity index (χ0) is 15.9. The molecule has 1 amide bonds. The second-order valence-electron chi connectivity index (χ2n) is 4.84. The Hall–Kier alpha value is -2.14. The molecular weight excluding hydrogens is 344 g/mol. The third-order valence-electron chi connectivity index (χ3n) is 2.97. The summed E-state index contributed by atoms with van der Waals surface area (Å²) in [5, 5.41) is 4.08. The molecule has 0 unspecified atom stereocenters. The molecule has 0 saturated heterocycles. The highest BCUT2D eigenvalue weighted by Gasteiger charge is 2.03. The molecule has 2 aromatic rings. The Bertz CT molecular complexity index is 681. The number of rotatable bonds is 5. The van der Waals surface area contributed by atoms with Gasteiger partial charge in [-0.25, -0.2) is 5.43 Å². The van der Waals surface area contributed by atoms with Crippen molar-refractivity contribution in [3.63, 3.8) is 0 Å². The van der Waals surface area contributed by atoms with Crippen LogP contribution in [0, 0.1) is 6.92 Å². The van der Waals surface area contributed by atoms with E-state index in [1.165, 1.54) is 0 Å². The first-order valence-corrected chi connectivity index (χ1v) is 7.62.